The Morgan fingerprint density at radius 3 is 2.70 bits per heavy atom. The maximum absolute atomic E-state index is 12.1. The van der Waals surface area contributed by atoms with Crippen LogP contribution in [0.1, 0.15) is 25.3 Å². The highest BCUT2D eigenvalue weighted by Gasteiger charge is 2.21. The Kier molecular flexibility index (Phi) is 6.39. The van der Waals surface area contributed by atoms with Gasteiger partial charge in [0.1, 0.15) is 0 Å². The van der Waals surface area contributed by atoms with E-state index in [2.05, 4.69) is 0 Å². The zero-order chi connectivity index (χ0) is 19.2. The van der Waals surface area contributed by atoms with Gasteiger partial charge in [-0.2, -0.15) is 0 Å². The van der Waals surface area contributed by atoms with Gasteiger partial charge in [0.2, 0.25) is 13.6 Å². The molecule has 1 unspecified atom stereocenters. The van der Waals surface area contributed by atoms with Crippen molar-refractivity contribution in [1.82, 2.24) is 9.80 Å². The summed E-state index contributed by atoms with van der Waals surface area (Å²) in [5.74, 6) is 1.07. The summed E-state index contributed by atoms with van der Waals surface area (Å²) in [6, 6.07) is 5.63. The van der Waals surface area contributed by atoms with Gasteiger partial charge >= 0.3 is 12.1 Å². The van der Waals surface area contributed by atoms with Crippen LogP contribution in [0, 0.1) is 0 Å². The van der Waals surface area contributed by atoms with Gasteiger partial charge in [0.25, 0.3) is 0 Å². The van der Waals surface area contributed by atoms with Crippen LogP contribution in [0.4, 0.5) is 4.79 Å². The fraction of sp³-hybridized carbons (Fsp3) is 0.579. The number of carbonyl (C=O) groups excluding carboxylic acids is 2. The van der Waals surface area contributed by atoms with Gasteiger partial charge < -0.3 is 23.8 Å². The van der Waals surface area contributed by atoms with E-state index in [4.69, 9.17) is 18.9 Å². The number of esters is 1. The maximum atomic E-state index is 12.1. The number of carbonyl (C=O) groups is 2. The van der Waals surface area contributed by atoms with Crippen LogP contribution < -0.4 is 9.47 Å². The number of hydrogen-bond acceptors (Lipinski definition) is 7. The molecule has 1 saturated heterocycles. The second-order valence-electron chi connectivity index (χ2n) is 6.88. The first-order chi connectivity index (χ1) is 13.0. The van der Waals surface area contributed by atoms with Crippen LogP contribution >= 0.6 is 0 Å². The number of hydrogen-bond donors (Lipinski definition) is 0. The van der Waals surface area contributed by atoms with E-state index in [0.717, 1.165) is 43.0 Å². The average Bonchev–Trinajstić information content (AvgIpc) is 3.32. The molecule has 0 saturated carbocycles. The fourth-order valence-corrected chi connectivity index (χ4v) is 3.14. The summed E-state index contributed by atoms with van der Waals surface area (Å²) in [7, 11) is 1.66. The van der Waals surface area contributed by atoms with Crippen LogP contribution in [-0.4, -0.2) is 68.2 Å². The van der Waals surface area contributed by atoms with Gasteiger partial charge in [-0.05, 0) is 57.0 Å². The molecule has 1 aromatic carbocycles. The van der Waals surface area contributed by atoms with E-state index in [9.17, 15) is 9.59 Å². The lowest BCUT2D eigenvalue weighted by Crippen LogP contribution is -2.37. The minimum atomic E-state index is -0.530. The fourth-order valence-electron chi connectivity index (χ4n) is 3.14. The van der Waals surface area contributed by atoms with Gasteiger partial charge in [0, 0.05) is 13.1 Å². The van der Waals surface area contributed by atoms with Crippen molar-refractivity contribution in [2.45, 2.75) is 32.2 Å². The molecule has 3 rings (SSSR count). The van der Waals surface area contributed by atoms with Crippen molar-refractivity contribution in [1.29, 1.82) is 0 Å². The minimum Gasteiger partial charge on any atom is -0.454 e. The second-order valence-corrected chi connectivity index (χ2v) is 6.88. The predicted molar refractivity (Wildman–Crippen MR) is 96.6 cm³/mol. The quantitative estimate of drug-likeness (QED) is 0.530. The molecule has 1 aromatic rings. The lowest BCUT2D eigenvalue weighted by Gasteiger charge is -2.24. The van der Waals surface area contributed by atoms with Gasteiger partial charge in [-0.1, -0.05) is 6.07 Å². The molecule has 27 heavy (non-hydrogen) atoms. The smallest absolute Gasteiger partial charge is 0.412 e. The molecule has 1 fully saturated rings. The zero-order valence-corrected chi connectivity index (χ0v) is 15.8. The largest absolute Gasteiger partial charge is 0.454 e. The van der Waals surface area contributed by atoms with Crippen molar-refractivity contribution >= 4 is 12.1 Å². The predicted octanol–water partition coefficient (Wildman–Crippen LogP) is 2.01. The van der Waals surface area contributed by atoms with Gasteiger partial charge in [0.15, 0.2) is 11.5 Å². The Morgan fingerprint density at radius 1 is 1.19 bits per heavy atom. The second kappa shape index (κ2) is 8.94. The number of nitrogens with zero attached hydrogens (tertiary/aromatic N) is 2. The first kappa shape index (κ1) is 19.3. The number of amides is 1. The van der Waals surface area contributed by atoms with Gasteiger partial charge in [0.05, 0.1) is 6.54 Å². The van der Waals surface area contributed by atoms with Crippen molar-refractivity contribution in [3.63, 3.8) is 0 Å². The summed E-state index contributed by atoms with van der Waals surface area (Å²) in [4.78, 5) is 27.4. The van der Waals surface area contributed by atoms with Crippen LogP contribution in [0.5, 0.6) is 11.5 Å². The first-order valence-electron chi connectivity index (χ1n) is 9.19. The Labute approximate surface area is 158 Å². The third-order valence-electron chi connectivity index (χ3n) is 4.87. The molecule has 0 aliphatic carbocycles. The Balaban J connectivity index is 1.39. The molecule has 0 aromatic heterocycles. The van der Waals surface area contributed by atoms with Gasteiger partial charge in [-0.3, -0.25) is 9.69 Å². The van der Waals surface area contributed by atoms with Gasteiger partial charge in [-0.15, -0.1) is 0 Å². The highest BCUT2D eigenvalue weighted by atomic mass is 16.7. The molecular weight excluding hydrogens is 352 g/mol. The molecule has 0 radical (unpaired) electrons. The molecule has 1 amide bonds. The maximum Gasteiger partial charge on any atom is 0.412 e. The Bertz CT molecular complexity index is 674. The lowest BCUT2D eigenvalue weighted by atomic mass is 10.1. The van der Waals surface area contributed by atoms with E-state index in [1.165, 1.54) is 4.90 Å². The third-order valence-corrected chi connectivity index (χ3v) is 4.87. The van der Waals surface area contributed by atoms with Crippen molar-refractivity contribution in [3.05, 3.63) is 23.8 Å². The van der Waals surface area contributed by atoms with Crippen molar-refractivity contribution < 1.29 is 28.5 Å². The Morgan fingerprint density at radius 2 is 1.93 bits per heavy atom. The average molecular weight is 378 g/mol. The normalized spacial score (nSPS) is 16.8. The van der Waals surface area contributed by atoms with E-state index in [1.54, 1.807) is 7.05 Å². The summed E-state index contributed by atoms with van der Waals surface area (Å²) >= 11 is 0. The Hall–Kier alpha value is -2.48. The van der Waals surface area contributed by atoms with Crippen LogP contribution in [-0.2, 0) is 20.7 Å². The molecule has 1 atom stereocenters. The molecule has 0 spiro atoms. The number of ether oxygens (including phenoxy) is 4. The van der Waals surface area contributed by atoms with Crippen LogP contribution in [0.15, 0.2) is 18.2 Å². The number of likely N-dealkylation sites (tertiary alicyclic amines) is 1. The minimum absolute atomic E-state index is 0.0989. The summed E-state index contributed by atoms with van der Waals surface area (Å²) in [5.41, 5.74) is 1.03. The first-order valence-corrected chi connectivity index (χ1v) is 9.19. The monoisotopic (exact) mass is 378 g/mol. The van der Waals surface area contributed by atoms with E-state index in [0.29, 0.717) is 6.42 Å². The van der Waals surface area contributed by atoms with E-state index in [-0.39, 0.29) is 32.1 Å². The SMILES string of the molecule is CC(Cc1ccc2c(c1)OCO2)N(C)C(=O)OCOC(=O)CN1CCCC1. The molecule has 148 valence electrons. The molecule has 0 bridgehead atoms. The number of rotatable bonds is 7. The molecule has 8 nitrogen and oxygen atoms in total. The highest BCUT2D eigenvalue weighted by molar-refractivity contribution is 5.72. The van der Waals surface area contributed by atoms with Crippen LogP contribution in [0.2, 0.25) is 0 Å². The zero-order valence-electron chi connectivity index (χ0n) is 15.8. The molecular formula is C19H26N2O6. The molecule has 2 heterocycles. The van der Waals surface area contributed by atoms with Crippen molar-refractivity contribution in [3.8, 4) is 11.5 Å². The number of likely N-dealkylation sites (N-methyl/N-ethyl adjacent to an activating group) is 1. The molecule has 0 N–H and O–H groups in total. The molecule has 2 aliphatic heterocycles. The number of fused-ring (bicyclic) bond motifs is 1. The summed E-state index contributed by atoms with van der Waals surface area (Å²) < 4.78 is 20.7. The van der Waals surface area contributed by atoms with E-state index >= 15 is 0 Å². The summed E-state index contributed by atoms with van der Waals surface area (Å²) in [5, 5.41) is 0. The standard InChI is InChI=1S/C19H26N2O6/c1-14(9-15-5-6-16-17(10-15)25-12-24-16)20(2)19(23)27-13-26-18(22)11-21-7-3-4-8-21/h5-6,10,14H,3-4,7-9,11-13H2,1-2H3. The summed E-state index contributed by atoms with van der Waals surface area (Å²) in [6.45, 7) is 3.85. The third kappa shape index (κ3) is 5.26. The topological polar surface area (TPSA) is 77.5 Å². The van der Waals surface area contributed by atoms with Crippen LogP contribution in [0.25, 0.3) is 0 Å². The molecule has 2 aliphatic rings. The lowest BCUT2D eigenvalue weighted by molar-refractivity contribution is -0.153. The van der Waals surface area contributed by atoms with Gasteiger partial charge in [-0.25, -0.2) is 4.79 Å². The summed E-state index contributed by atoms with van der Waals surface area (Å²) in [6.07, 6.45) is 2.32. The van der Waals surface area contributed by atoms with E-state index in [1.807, 2.05) is 30.0 Å². The molecule has 8 heteroatoms. The van der Waals surface area contributed by atoms with E-state index < -0.39 is 6.09 Å². The number of benzene rings is 1. The van der Waals surface area contributed by atoms with Crippen LogP contribution in [0.3, 0.4) is 0 Å². The van der Waals surface area contributed by atoms with Crippen molar-refractivity contribution in [2.24, 2.45) is 0 Å². The highest BCUT2D eigenvalue weighted by Crippen LogP contribution is 2.32. The van der Waals surface area contributed by atoms with Crippen molar-refractivity contribution in [2.75, 3.05) is 40.3 Å².